The molecular formula is C16H23NO. The molecule has 0 aromatic heterocycles. The maximum Gasteiger partial charge on any atom is 0.119 e. The molecule has 2 rings (SSSR count). The fourth-order valence-electron chi connectivity index (χ4n) is 2.58. The van der Waals surface area contributed by atoms with Gasteiger partial charge in [-0.25, -0.2) is 0 Å². The van der Waals surface area contributed by atoms with Crippen molar-refractivity contribution < 1.29 is 4.74 Å². The second kappa shape index (κ2) is 6.60. The van der Waals surface area contributed by atoms with Gasteiger partial charge in [-0.2, -0.15) is 0 Å². The lowest BCUT2D eigenvalue weighted by molar-refractivity contribution is 0.311. The van der Waals surface area contributed by atoms with Gasteiger partial charge >= 0.3 is 0 Å². The molecule has 0 heterocycles. The summed E-state index contributed by atoms with van der Waals surface area (Å²) in [4.78, 5) is 0. The van der Waals surface area contributed by atoms with E-state index in [1.54, 1.807) is 0 Å². The number of unbranched alkanes of at least 4 members (excludes halogenated alkanes) is 1. The Morgan fingerprint density at radius 3 is 3.17 bits per heavy atom. The van der Waals surface area contributed by atoms with E-state index < -0.39 is 0 Å². The largest absolute Gasteiger partial charge is 0.494 e. The summed E-state index contributed by atoms with van der Waals surface area (Å²) in [5.74, 6) is 1.000. The second-order valence-corrected chi connectivity index (χ2v) is 4.87. The number of benzene rings is 1. The van der Waals surface area contributed by atoms with Crippen LogP contribution in [0.1, 0.15) is 42.9 Å². The van der Waals surface area contributed by atoms with E-state index in [0.717, 1.165) is 25.2 Å². The van der Waals surface area contributed by atoms with Crippen LogP contribution in [0.5, 0.6) is 5.75 Å². The van der Waals surface area contributed by atoms with E-state index in [9.17, 15) is 0 Å². The third-order valence-corrected chi connectivity index (χ3v) is 3.60. The van der Waals surface area contributed by atoms with Gasteiger partial charge in [0.25, 0.3) is 0 Å². The van der Waals surface area contributed by atoms with Crippen molar-refractivity contribution in [3.8, 4) is 5.75 Å². The molecule has 1 atom stereocenters. The van der Waals surface area contributed by atoms with E-state index in [1.807, 2.05) is 13.1 Å². The molecule has 0 bridgehead atoms. The minimum Gasteiger partial charge on any atom is -0.494 e. The smallest absolute Gasteiger partial charge is 0.119 e. The van der Waals surface area contributed by atoms with Gasteiger partial charge in [-0.1, -0.05) is 12.1 Å². The first kappa shape index (κ1) is 13.2. The number of rotatable bonds is 6. The molecule has 2 nitrogen and oxygen atoms in total. The molecule has 0 saturated heterocycles. The van der Waals surface area contributed by atoms with E-state index in [2.05, 4.69) is 30.1 Å². The van der Waals surface area contributed by atoms with E-state index in [0.29, 0.717) is 6.04 Å². The molecule has 1 aromatic rings. The Kier molecular flexibility index (Phi) is 4.82. The second-order valence-electron chi connectivity index (χ2n) is 4.87. The van der Waals surface area contributed by atoms with Crippen LogP contribution in [0.3, 0.4) is 0 Å². The molecule has 1 N–H and O–H groups in total. The van der Waals surface area contributed by atoms with Crippen molar-refractivity contribution >= 4 is 0 Å². The third-order valence-electron chi connectivity index (χ3n) is 3.60. The first-order chi connectivity index (χ1) is 8.85. The van der Waals surface area contributed by atoms with Crippen LogP contribution < -0.4 is 10.1 Å². The van der Waals surface area contributed by atoms with Crippen molar-refractivity contribution in [2.24, 2.45) is 0 Å². The average Bonchev–Trinajstić information content (AvgIpc) is 2.43. The lowest BCUT2D eigenvalue weighted by Gasteiger charge is -2.25. The number of ether oxygens (including phenoxy) is 1. The zero-order chi connectivity index (χ0) is 12.8. The van der Waals surface area contributed by atoms with E-state index in [4.69, 9.17) is 4.74 Å². The fourth-order valence-corrected chi connectivity index (χ4v) is 2.58. The Bertz CT molecular complexity index is 400. The summed E-state index contributed by atoms with van der Waals surface area (Å²) in [5.41, 5.74) is 2.89. The SMILES string of the molecule is C=CCCCOc1ccc2c(c1)C(NC)CCC2. The number of allylic oxidation sites excluding steroid dienone is 1. The van der Waals surface area contributed by atoms with Gasteiger partial charge in [-0.15, -0.1) is 6.58 Å². The molecule has 0 amide bonds. The molecule has 0 radical (unpaired) electrons. The summed E-state index contributed by atoms with van der Waals surface area (Å²) in [6.45, 7) is 4.49. The predicted octanol–water partition coefficient (Wildman–Crippen LogP) is 3.63. The van der Waals surface area contributed by atoms with Gasteiger partial charge in [0.1, 0.15) is 5.75 Å². The van der Waals surface area contributed by atoms with Crippen LogP contribution in [-0.4, -0.2) is 13.7 Å². The maximum absolute atomic E-state index is 5.79. The number of fused-ring (bicyclic) bond motifs is 1. The molecule has 1 unspecified atom stereocenters. The molecule has 0 aliphatic heterocycles. The van der Waals surface area contributed by atoms with Gasteiger partial charge < -0.3 is 10.1 Å². The topological polar surface area (TPSA) is 21.3 Å². The van der Waals surface area contributed by atoms with E-state index in [1.165, 1.54) is 30.4 Å². The number of nitrogens with one attached hydrogen (secondary N) is 1. The van der Waals surface area contributed by atoms with Crippen molar-refractivity contribution in [1.82, 2.24) is 5.32 Å². The van der Waals surface area contributed by atoms with E-state index in [-0.39, 0.29) is 0 Å². The summed E-state index contributed by atoms with van der Waals surface area (Å²) >= 11 is 0. The minimum atomic E-state index is 0.491. The highest BCUT2D eigenvalue weighted by Gasteiger charge is 2.18. The van der Waals surface area contributed by atoms with Crippen LogP contribution in [0.2, 0.25) is 0 Å². The van der Waals surface area contributed by atoms with Crippen LogP contribution in [-0.2, 0) is 6.42 Å². The van der Waals surface area contributed by atoms with Crippen molar-refractivity contribution in [3.05, 3.63) is 42.0 Å². The Morgan fingerprint density at radius 2 is 2.39 bits per heavy atom. The number of hydrogen-bond donors (Lipinski definition) is 1. The Morgan fingerprint density at radius 1 is 1.50 bits per heavy atom. The predicted molar refractivity (Wildman–Crippen MR) is 76.1 cm³/mol. The average molecular weight is 245 g/mol. The molecule has 1 aromatic carbocycles. The quantitative estimate of drug-likeness (QED) is 0.610. The molecule has 18 heavy (non-hydrogen) atoms. The monoisotopic (exact) mass is 245 g/mol. The van der Waals surface area contributed by atoms with Crippen molar-refractivity contribution in [2.75, 3.05) is 13.7 Å². The van der Waals surface area contributed by atoms with Gasteiger partial charge in [-0.3, -0.25) is 0 Å². The van der Waals surface area contributed by atoms with Gasteiger partial charge in [-0.05, 0) is 62.4 Å². The van der Waals surface area contributed by atoms with Gasteiger partial charge in [0, 0.05) is 6.04 Å². The van der Waals surface area contributed by atoms with Crippen molar-refractivity contribution in [2.45, 2.75) is 38.1 Å². The lowest BCUT2D eigenvalue weighted by Crippen LogP contribution is -2.21. The van der Waals surface area contributed by atoms with Crippen molar-refractivity contribution in [3.63, 3.8) is 0 Å². The zero-order valence-corrected chi connectivity index (χ0v) is 11.2. The molecule has 0 spiro atoms. The molecule has 1 aliphatic carbocycles. The van der Waals surface area contributed by atoms with Gasteiger partial charge in [0.2, 0.25) is 0 Å². The first-order valence-corrected chi connectivity index (χ1v) is 6.89. The Balaban J connectivity index is 2.03. The highest BCUT2D eigenvalue weighted by atomic mass is 16.5. The standard InChI is InChI=1S/C16H23NO/c1-3-4-5-11-18-14-10-9-13-7-6-8-16(17-2)15(13)12-14/h3,9-10,12,16-17H,1,4-8,11H2,2H3. The third kappa shape index (κ3) is 3.14. The lowest BCUT2D eigenvalue weighted by atomic mass is 9.87. The summed E-state index contributed by atoms with van der Waals surface area (Å²) in [7, 11) is 2.04. The van der Waals surface area contributed by atoms with Gasteiger partial charge in [0.05, 0.1) is 6.61 Å². The highest BCUT2D eigenvalue weighted by molar-refractivity contribution is 5.39. The summed E-state index contributed by atoms with van der Waals surface area (Å²) in [6, 6.07) is 7.03. The summed E-state index contributed by atoms with van der Waals surface area (Å²) in [5, 5.41) is 3.39. The zero-order valence-electron chi connectivity index (χ0n) is 11.2. The Labute approximate surface area is 110 Å². The molecule has 2 heteroatoms. The molecule has 1 aliphatic rings. The van der Waals surface area contributed by atoms with Crippen LogP contribution in [0.15, 0.2) is 30.9 Å². The van der Waals surface area contributed by atoms with Crippen molar-refractivity contribution in [1.29, 1.82) is 0 Å². The Hall–Kier alpha value is -1.28. The molecule has 0 saturated carbocycles. The van der Waals surface area contributed by atoms with E-state index >= 15 is 0 Å². The minimum absolute atomic E-state index is 0.491. The normalized spacial score (nSPS) is 18.2. The van der Waals surface area contributed by atoms with Crippen LogP contribution in [0.25, 0.3) is 0 Å². The summed E-state index contributed by atoms with van der Waals surface area (Å²) < 4.78 is 5.79. The highest BCUT2D eigenvalue weighted by Crippen LogP contribution is 2.32. The molecule has 0 fully saturated rings. The first-order valence-electron chi connectivity index (χ1n) is 6.89. The fraction of sp³-hybridized carbons (Fsp3) is 0.500. The molecule has 98 valence electrons. The van der Waals surface area contributed by atoms with Crippen LogP contribution >= 0.6 is 0 Å². The number of hydrogen-bond acceptors (Lipinski definition) is 2. The molecular weight excluding hydrogens is 222 g/mol. The summed E-state index contributed by atoms with van der Waals surface area (Å²) in [6.07, 6.45) is 7.69. The van der Waals surface area contributed by atoms with Gasteiger partial charge in [0.15, 0.2) is 0 Å². The van der Waals surface area contributed by atoms with Crippen LogP contribution in [0, 0.1) is 0 Å². The maximum atomic E-state index is 5.79. The number of aryl methyl sites for hydroxylation is 1. The van der Waals surface area contributed by atoms with Crippen LogP contribution in [0.4, 0.5) is 0 Å².